The van der Waals surface area contributed by atoms with Crippen LogP contribution in [-0.2, 0) is 4.74 Å². The second-order valence-corrected chi connectivity index (χ2v) is 3.40. The fourth-order valence-electron chi connectivity index (χ4n) is 1.37. The maximum atomic E-state index is 10.7. The van der Waals surface area contributed by atoms with Gasteiger partial charge in [-0.3, -0.25) is 0 Å². The van der Waals surface area contributed by atoms with Gasteiger partial charge in [-0.25, -0.2) is 9.48 Å². The lowest BCUT2D eigenvalue weighted by Crippen LogP contribution is -2.12. The minimum absolute atomic E-state index is 0.0132. The van der Waals surface area contributed by atoms with Crippen LogP contribution in [0, 0.1) is 6.92 Å². The molecule has 1 rings (SSSR count). The molecule has 15 heavy (non-hydrogen) atoms. The van der Waals surface area contributed by atoms with Crippen LogP contribution < -0.4 is 0 Å². The summed E-state index contributed by atoms with van der Waals surface area (Å²) in [7, 11) is 1.63. The van der Waals surface area contributed by atoms with Crippen LogP contribution in [0.4, 0.5) is 0 Å². The highest BCUT2D eigenvalue weighted by molar-refractivity contribution is 5.86. The summed E-state index contributed by atoms with van der Waals surface area (Å²) >= 11 is 0. The minimum Gasteiger partial charge on any atom is -0.476 e. The van der Waals surface area contributed by atoms with E-state index >= 15 is 0 Å². The number of hydrogen-bond acceptors (Lipinski definition) is 4. The van der Waals surface area contributed by atoms with Crippen molar-refractivity contribution in [2.24, 2.45) is 0 Å². The second kappa shape index (κ2) is 4.88. The Kier molecular flexibility index (Phi) is 3.79. The number of aromatic carboxylic acids is 1. The Labute approximate surface area is 87.9 Å². The quantitative estimate of drug-likeness (QED) is 0.785. The molecule has 1 N–H and O–H groups in total. The fraction of sp³-hybridized carbons (Fsp3) is 0.667. The Morgan fingerprint density at radius 3 is 2.80 bits per heavy atom. The lowest BCUT2D eigenvalue weighted by molar-refractivity contribution is 0.0689. The normalized spacial score (nSPS) is 12.7. The largest absolute Gasteiger partial charge is 0.476 e. The fourth-order valence-corrected chi connectivity index (χ4v) is 1.37. The van der Waals surface area contributed by atoms with E-state index in [9.17, 15) is 4.79 Å². The van der Waals surface area contributed by atoms with Crippen molar-refractivity contribution in [3.8, 4) is 0 Å². The molecule has 0 amide bonds. The third-order valence-electron chi connectivity index (χ3n) is 2.29. The van der Waals surface area contributed by atoms with E-state index < -0.39 is 5.97 Å². The molecule has 0 aliphatic heterocycles. The number of hydrogen-bond donors (Lipinski definition) is 1. The van der Waals surface area contributed by atoms with E-state index in [-0.39, 0.29) is 11.7 Å². The molecular formula is C9H15N3O3. The number of carboxylic acids is 1. The molecule has 0 saturated carbocycles. The molecule has 6 heteroatoms. The van der Waals surface area contributed by atoms with E-state index in [1.54, 1.807) is 18.7 Å². The van der Waals surface area contributed by atoms with Crippen LogP contribution in [0.1, 0.15) is 35.6 Å². The first-order valence-electron chi connectivity index (χ1n) is 4.72. The first-order chi connectivity index (χ1) is 7.07. The van der Waals surface area contributed by atoms with Crippen LogP contribution in [-0.4, -0.2) is 39.8 Å². The Morgan fingerprint density at radius 1 is 1.67 bits per heavy atom. The molecule has 84 valence electrons. The van der Waals surface area contributed by atoms with E-state index in [1.165, 1.54) is 0 Å². The zero-order valence-corrected chi connectivity index (χ0v) is 9.10. The Bertz CT molecular complexity index is 348. The lowest BCUT2D eigenvalue weighted by atomic mass is 10.2. The number of aromatic nitrogens is 3. The molecule has 0 spiro atoms. The molecule has 0 aliphatic rings. The standard InChI is InChI=1S/C9H15N3O3/c1-6(4-5-15-3)12-7(2)8(9(13)14)10-11-12/h6H,4-5H2,1-3H3,(H,13,14). The Morgan fingerprint density at radius 2 is 2.33 bits per heavy atom. The smallest absolute Gasteiger partial charge is 0.358 e. The van der Waals surface area contributed by atoms with E-state index in [4.69, 9.17) is 9.84 Å². The van der Waals surface area contributed by atoms with Gasteiger partial charge in [0.15, 0.2) is 5.69 Å². The summed E-state index contributed by atoms with van der Waals surface area (Å²) in [6.07, 6.45) is 0.778. The van der Waals surface area contributed by atoms with Gasteiger partial charge >= 0.3 is 5.97 Å². The number of carboxylic acid groups (broad SMARTS) is 1. The first kappa shape index (κ1) is 11.6. The first-order valence-corrected chi connectivity index (χ1v) is 4.72. The van der Waals surface area contributed by atoms with Crippen molar-refractivity contribution in [2.75, 3.05) is 13.7 Å². The maximum Gasteiger partial charge on any atom is 0.358 e. The predicted octanol–water partition coefficient (Wildman–Crippen LogP) is 0.882. The summed E-state index contributed by atoms with van der Waals surface area (Å²) < 4.78 is 6.56. The van der Waals surface area contributed by atoms with Crippen molar-refractivity contribution < 1.29 is 14.6 Å². The molecule has 0 bridgehead atoms. The summed E-state index contributed by atoms with van der Waals surface area (Å²) in [4.78, 5) is 10.7. The molecule has 1 unspecified atom stereocenters. The molecule has 0 radical (unpaired) electrons. The number of carbonyl (C=O) groups is 1. The molecule has 1 atom stereocenters. The van der Waals surface area contributed by atoms with Crippen molar-refractivity contribution in [3.05, 3.63) is 11.4 Å². The minimum atomic E-state index is -1.04. The van der Waals surface area contributed by atoms with Crippen LogP contribution >= 0.6 is 0 Å². The molecule has 1 heterocycles. The molecule has 1 aromatic rings. The van der Waals surface area contributed by atoms with Crippen LogP contribution in [0.2, 0.25) is 0 Å². The van der Waals surface area contributed by atoms with E-state index in [0.29, 0.717) is 12.3 Å². The van der Waals surface area contributed by atoms with Gasteiger partial charge < -0.3 is 9.84 Å². The van der Waals surface area contributed by atoms with Crippen molar-refractivity contribution in [1.29, 1.82) is 0 Å². The van der Waals surface area contributed by atoms with Crippen molar-refractivity contribution in [1.82, 2.24) is 15.0 Å². The van der Waals surface area contributed by atoms with Crippen LogP contribution in [0.3, 0.4) is 0 Å². The van der Waals surface area contributed by atoms with Crippen LogP contribution in [0.5, 0.6) is 0 Å². The third-order valence-corrected chi connectivity index (χ3v) is 2.29. The zero-order valence-electron chi connectivity index (χ0n) is 9.10. The molecule has 1 aromatic heterocycles. The molecule has 0 fully saturated rings. The number of methoxy groups -OCH3 is 1. The summed E-state index contributed by atoms with van der Waals surface area (Å²) in [6.45, 7) is 4.27. The highest BCUT2D eigenvalue weighted by atomic mass is 16.5. The molecule has 0 aromatic carbocycles. The third kappa shape index (κ3) is 2.53. The predicted molar refractivity (Wildman–Crippen MR) is 52.9 cm³/mol. The summed E-state index contributed by atoms with van der Waals surface area (Å²) in [6, 6.07) is 0.0885. The van der Waals surface area contributed by atoms with Gasteiger partial charge in [0.1, 0.15) is 0 Å². The average molecular weight is 213 g/mol. The van der Waals surface area contributed by atoms with Gasteiger partial charge in [0, 0.05) is 13.7 Å². The Balaban J connectivity index is 2.81. The van der Waals surface area contributed by atoms with E-state index in [2.05, 4.69) is 10.3 Å². The number of rotatable bonds is 5. The molecule has 0 saturated heterocycles. The summed E-state index contributed by atoms with van der Waals surface area (Å²) in [5, 5.41) is 16.2. The van der Waals surface area contributed by atoms with E-state index in [1.807, 2.05) is 6.92 Å². The van der Waals surface area contributed by atoms with Crippen LogP contribution in [0.15, 0.2) is 0 Å². The molecular weight excluding hydrogens is 198 g/mol. The monoisotopic (exact) mass is 213 g/mol. The van der Waals surface area contributed by atoms with Crippen molar-refractivity contribution in [2.45, 2.75) is 26.3 Å². The summed E-state index contributed by atoms with van der Waals surface area (Å²) in [5.41, 5.74) is 0.588. The van der Waals surface area contributed by atoms with Gasteiger partial charge in [-0.1, -0.05) is 5.21 Å². The van der Waals surface area contributed by atoms with Gasteiger partial charge in [0.2, 0.25) is 0 Å². The van der Waals surface area contributed by atoms with Crippen molar-refractivity contribution in [3.63, 3.8) is 0 Å². The van der Waals surface area contributed by atoms with Crippen LogP contribution in [0.25, 0.3) is 0 Å². The summed E-state index contributed by atoms with van der Waals surface area (Å²) in [5.74, 6) is -1.04. The van der Waals surface area contributed by atoms with Crippen molar-refractivity contribution >= 4 is 5.97 Å². The zero-order chi connectivity index (χ0) is 11.4. The van der Waals surface area contributed by atoms with E-state index in [0.717, 1.165) is 6.42 Å². The molecule has 0 aliphatic carbocycles. The van der Waals surface area contributed by atoms with Gasteiger partial charge in [0.05, 0.1) is 11.7 Å². The number of ether oxygens (including phenoxy) is 1. The number of nitrogens with zero attached hydrogens (tertiary/aromatic N) is 3. The highest BCUT2D eigenvalue weighted by Gasteiger charge is 2.17. The second-order valence-electron chi connectivity index (χ2n) is 3.40. The Hall–Kier alpha value is -1.43. The van der Waals surface area contributed by atoms with Gasteiger partial charge in [-0.15, -0.1) is 5.10 Å². The maximum absolute atomic E-state index is 10.7. The lowest BCUT2D eigenvalue weighted by Gasteiger charge is -2.12. The molecule has 6 nitrogen and oxygen atoms in total. The van der Waals surface area contributed by atoms with Gasteiger partial charge in [-0.05, 0) is 20.3 Å². The van der Waals surface area contributed by atoms with Gasteiger partial charge in [0.25, 0.3) is 0 Å². The topological polar surface area (TPSA) is 77.2 Å². The van der Waals surface area contributed by atoms with Gasteiger partial charge in [-0.2, -0.15) is 0 Å². The average Bonchev–Trinajstić information content (AvgIpc) is 2.56. The SMILES string of the molecule is COCCC(C)n1nnc(C(=O)O)c1C. The highest BCUT2D eigenvalue weighted by Crippen LogP contribution is 2.14.